The Labute approximate surface area is 214 Å². The molecular formula is C24H32F3N3O6S. The summed E-state index contributed by atoms with van der Waals surface area (Å²) < 4.78 is 59.9. The predicted molar refractivity (Wildman–Crippen MR) is 134 cm³/mol. The first kappa shape index (κ1) is 31.7. The molecule has 0 spiro atoms. The van der Waals surface area contributed by atoms with Gasteiger partial charge in [0, 0.05) is 13.1 Å². The summed E-state index contributed by atoms with van der Waals surface area (Å²) >= 11 is 0. The van der Waals surface area contributed by atoms with Crippen LogP contribution in [0.3, 0.4) is 0 Å². The summed E-state index contributed by atoms with van der Waals surface area (Å²) in [6.07, 6.45) is -3.71. The van der Waals surface area contributed by atoms with Gasteiger partial charge in [0.1, 0.15) is 11.4 Å². The Balaban J connectivity index is 0.000000856. The van der Waals surface area contributed by atoms with E-state index in [1.807, 2.05) is 17.9 Å². The molecule has 1 aromatic heterocycles. The van der Waals surface area contributed by atoms with Crippen LogP contribution >= 0.6 is 0 Å². The number of carboxylic acids is 2. The number of anilines is 2. The molecule has 37 heavy (non-hydrogen) atoms. The number of aryl methyl sites for hydroxylation is 2. The molecule has 0 aliphatic rings. The highest BCUT2D eigenvalue weighted by Crippen LogP contribution is 2.26. The predicted octanol–water partition coefficient (Wildman–Crippen LogP) is 4.95. The van der Waals surface area contributed by atoms with Gasteiger partial charge in [-0.15, -0.1) is 0 Å². The number of halogens is 3. The number of hydrogen-bond acceptors (Lipinski definition) is 6. The maximum absolute atomic E-state index is 12.9. The highest BCUT2D eigenvalue weighted by molar-refractivity contribution is 7.92. The van der Waals surface area contributed by atoms with Crippen molar-refractivity contribution in [3.63, 3.8) is 0 Å². The number of pyridine rings is 1. The number of sulfonamides is 1. The van der Waals surface area contributed by atoms with Crippen molar-refractivity contribution >= 4 is 33.5 Å². The van der Waals surface area contributed by atoms with Gasteiger partial charge in [0.05, 0.1) is 16.8 Å². The number of benzene rings is 1. The zero-order valence-corrected chi connectivity index (χ0v) is 22.2. The monoisotopic (exact) mass is 547 g/mol. The highest BCUT2D eigenvalue weighted by Gasteiger charge is 2.38. The van der Waals surface area contributed by atoms with Gasteiger partial charge in [-0.1, -0.05) is 39.8 Å². The normalized spacial score (nSPS) is 11.6. The van der Waals surface area contributed by atoms with E-state index in [1.165, 1.54) is 12.3 Å². The summed E-state index contributed by atoms with van der Waals surface area (Å²) in [6, 6.07) is 6.50. The van der Waals surface area contributed by atoms with Crippen LogP contribution in [-0.4, -0.2) is 54.8 Å². The quantitative estimate of drug-likeness (QED) is 0.401. The maximum Gasteiger partial charge on any atom is 0.490 e. The molecular weight excluding hydrogens is 515 g/mol. The molecule has 0 aliphatic heterocycles. The van der Waals surface area contributed by atoms with E-state index >= 15 is 0 Å². The van der Waals surface area contributed by atoms with Crippen LogP contribution in [0.4, 0.5) is 24.7 Å². The summed E-state index contributed by atoms with van der Waals surface area (Å²) in [7, 11) is -3.88. The number of hydrogen-bond donors (Lipinski definition) is 3. The number of nitrogens with zero attached hydrogens (tertiary/aromatic N) is 2. The number of alkyl halides is 3. The third kappa shape index (κ3) is 9.90. The molecule has 13 heteroatoms. The Morgan fingerprint density at radius 3 is 1.97 bits per heavy atom. The number of carboxylic acid groups (broad SMARTS) is 2. The Kier molecular flexibility index (Phi) is 10.9. The van der Waals surface area contributed by atoms with Gasteiger partial charge < -0.3 is 15.1 Å². The second kappa shape index (κ2) is 12.7. The van der Waals surface area contributed by atoms with Crippen LogP contribution in [-0.2, 0) is 14.8 Å². The van der Waals surface area contributed by atoms with E-state index in [4.69, 9.17) is 9.90 Å². The Hall–Kier alpha value is -3.35. The number of aliphatic carboxylic acids is 1. The van der Waals surface area contributed by atoms with Crippen molar-refractivity contribution in [2.45, 2.75) is 52.6 Å². The molecule has 0 aliphatic carbocycles. The molecule has 1 aromatic carbocycles. The molecule has 0 unspecified atom stereocenters. The zero-order valence-electron chi connectivity index (χ0n) is 21.4. The smallest absolute Gasteiger partial charge is 0.478 e. The maximum atomic E-state index is 12.9. The van der Waals surface area contributed by atoms with Crippen LogP contribution in [0.15, 0.2) is 35.4 Å². The summed E-state index contributed by atoms with van der Waals surface area (Å²) in [6.45, 7) is 13.1. The minimum atomic E-state index is -5.08. The van der Waals surface area contributed by atoms with E-state index in [0.717, 1.165) is 5.56 Å². The molecule has 1 heterocycles. The molecule has 3 N–H and O–H groups in total. The number of nitrogens with one attached hydrogen (secondary N) is 1. The van der Waals surface area contributed by atoms with E-state index in [1.54, 1.807) is 19.1 Å². The molecule has 0 fully saturated rings. The SMILES string of the molecule is Cc1ccc(C)c(S(=O)(=O)Nc2cnc(N(CC(C)C)CC(C)C)c(C(=O)O)c2)c1.O=C(O)C(F)(F)F. The molecule has 0 saturated carbocycles. The fourth-order valence-corrected chi connectivity index (χ4v) is 4.62. The number of rotatable bonds is 9. The van der Waals surface area contributed by atoms with E-state index in [9.17, 15) is 31.5 Å². The van der Waals surface area contributed by atoms with Crippen molar-refractivity contribution in [3.05, 3.63) is 47.2 Å². The summed E-state index contributed by atoms with van der Waals surface area (Å²) in [5.41, 5.74) is 1.51. The minimum Gasteiger partial charge on any atom is -0.478 e. The average molecular weight is 548 g/mol. The number of aromatic nitrogens is 1. The van der Waals surface area contributed by atoms with Crippen molar-refractivity contribution in [2.24, 2.45) is 11.8 Å². The topological polar surface area (TPSA) is 137 Å². The molecule has 0 atom stereocenters. The summed E-state index contributed by atoms with van der Waals surface area (Å²) in [4.78, 5) is 27.3. The van der Waals surface area contributed by atoms with Crippen LogP contribution in [0.5, 0.6) is 0 Å². The second-order valence-electron chi connectivity index (χ2n) is 9.27. The molecule has 206 valence electrons. The van der Waals surface area contributed by atoms with Gasteiger partial charge in [-0.05, 0) is 48.9 Å². The standard InChI is InChI=1S/C22H31N3O4S.C2HF3O2/c1-14(2)12-25(13-15(3)4)21-19(22(26)27)10-18(11-23-21)24-30(28,29)20-9-16(5)7-8-17(20)6;3-2(4,5)1(6)7/h7-11,14-15,24H,12-13H2,1-6H3,(H,26,27);(H,6,7). The molecule has 2 aromatic rings. The molecule has 0 saturated heterocycles. The van der Waals surface area contributed by atoms with E-state index in [-0.39, 0.29) is 16.1 Å². The summed E-state index contributed by atoms with van der Waals surface area (Å²) in [5, 5.41) is 16.9. The van der Waals surface area contributed by atoms with Crippen LogP contribution in [0.1, 0.15) is 49.2 Å². The fourth-order valence-electron chi connectivity index (χ4n) is 3.26. The van der Waals surface area contributed by atoms with Crippen molar-refractivity contribution in [1.29, 1.82) is 0 Å². The first-order valence-corrected chi connectivity index (χ1v) is 12.7. The van der Waals surface area contributed by atoms with E-state index in [2.05, 4.69) is 37.4 Å². The van der Waals surface area contributed by atoms with Crippen molar-refractivity contribution < 1.29 is 41.4 Å². The van der Waals surface area contributed by atoms with Crippen LogP contribution in [0, 0.1) is 25.7 Å². The van der Waals surface area contributed by atoms with Gasteiger partial charge in [0.2, 0.25) is 0 Å². The first-order chi connectivity index (χ1) is 16.8. The van der Waals surface area contributed by atoms with Gasteiger partial charge in [0.25, 0.3) is 10.0 Å². The van der Waals surface area contributed by atoms with E-state index < -0.39 is 28.1 Å². The Morgan fingerprint density at radius 2 is 1.54 bits per heavy atom. The van der Waals surface area contributed by atoms with Gasteiger partial charge in [-0.25, -0.2) is 23.0 Å². The van der Waals surface area contributed by atoms with Gasteiger partial charge in [-0.2, -0.15) is 13.2 Å². The van der Waals surface area contributed by atoms with Crippen molar-refractivity contribution in [2.75, 3.05) is 22.7 Å². The molecule has 0 radical (unpaired) electrons. The van der Waals surface area contributed by atoms with Gasteiger partial charge in [-0.3, -0.25) is 4.72 Å². The minimum absolute atomic E-state index is 0.0301. The van der Waals surface area contributed by atoms with Crippen molar-refractivity contribution in [3.8, 4) is 0 Å². The van der Waals surface area contributed by atoms with Crippen molar-refractivity contribution in [1.82, 2.24) is 4.98 Å². The third-order valence-corrected chi connectivity index (χ3v) is 6.22. The van der Waals surface area contributed by atoms with Crippen LogP contribution < -0.4 is 9.62 Å². The lowest BCUT2D eigenvalue weighted by Crippen LogP contribution is -2.33. The molecule has 2 rings (SSSR count). The molecule has 0 amide bonds. The largest absolute Gasteiger partial charge is 0.490 e. The lowest BCUT2D eigenvalue weighted by Gasteiger charge is -2.28. The number of carbonyl (C=O) groups is 2. The third-order valence-electron chi connectivity index (χ3n) is 4.70. The Bertz CT molecular complexity index is 1200. The number of aromatic carboxylic acids is 1. The lowest BCUT2D eigenvalue weighted by atomic mass is 10.1. The summed E-state index contributed by atoms with van der Waals surface area (Å²) in [5.74, 6) is -2.93. The first-order valence-electron chi connectivity index (χ1n) is 11.2. The molecule has 9 nitrogen and oxygen atoms in total. The molecule has 0 bridgehead atoms. The van der Waals surface area contributed by atoms with Crippen LogP contribution in [0.2, 0.25) is 0 Å². The second-order valence-corrected chi connectivity index (χ2v) is 10.9. The zero-order chi connectivity index (χ0) is 28.7. The fraction of sp³-hybridized carbons (Fsp3) is 0.458. The van der Waals surface area contributed by atoms with Gasteiger partial charge >= 0.3 is 18.1 Å². The highest BCUT2D eigenvalue weighted by atomic mass is 32.2. The van der Waals surface area contributed by atoms with Gasteiger partial charge in [0.15, 0.2) is 0 Å². The van der Waals surface area contributed by atoms with Crippen LogP contribution in [0.25, 0.3) is 0 Å². The lowest BCUT2D eigenvalue weighted by molar-refractivity contribution is -0.192. The van der Waals surface area contributed by atoms with E-state index in [0.29, 0.717) is 36.3 Å². The Morgan fingerprint density at radius 1 is 1.03 bits per heavy atom. The average Bonchev–Trinajstić information content (AvgIpc) is 2.73.